The number of carbonyl (C=O) groups is 1. The number of hydrogen-bond acceptors (Lipinski definition) is 5. The van der Waals surface area contributed by atoms with Gasteiger partial charge in [0.05, 0.1) is 11.4 Å². The Kier molecular flexibility index (Phi) is 4.79. The van der Waals surface area contributed by atoms with Crippen molar-refractivity contribution in [1.29, 1.82) is 0 Å². The highest BCUT2D eigenvalue weighted by molar-refractivity contribution is 5.58. The number of carbonyl (C=O) groups excluding carboxylic acids is 1. The van der Waals surface area contributed by atoms with Crippen LogP contribution >= 0.6 is 0 Å². The molecule has 1 unspecified atom stereocenters. The fourth-order valence-electron chi connectivity index (χ4n) is 2.94. The molecule has 1 aromatic carbocycles. The van der Waals surface area contributed by atoms with Gasteiger partial charge in [-0.1, -0.05) is 18.2 Å². The van der Waals surface area contributed by atoms with Gasteiger partial charge in [0.15, 0.2) is 0 Å². The van der Waals surface area contributed by atoms with Gasteiger partial charge in [-0.05, 0) is 48.2 Å². The van der Waals surface area contributed by atoms with Crippen molar-refractivity contribution in [2.45, 2.75) is 19.8 Å². The second kappa shape index (κ2) is 7.17. The molecule has 2 heterocycles. The van der Waals surface area contributed by atoms with E-state index in [4.69, 9.17) is 10.5 Å². The van der Waals surface area contributed by atoms with Crippen LogP contribution in [0.15, 0.2) is 42.7 Å². The minimum absolute atomic E-state index is 0.0608. The van der Waals surface area contributed by atoms with Gasteiger partial charge in [0, 0.05) is 18.3 Å². The topological polar surface area (TPSA) is 93.9 Å². The summed E-state index contributed by atoms with van der Waals surface area (Å²) in [7, 11) is 0. The highest BCUT2D eigenvalue weighted by atomic mass is 16.5. The number of rotatable bonds is 6. The van der Waals surface area contributed by atoms with Crippen LogP contribution in [0.2, 0.25) is 0 Å². The molecule has 2 aromatic heterocycles. The van der Waals surface area contributed by atoms with Crippen molar-refractivity contribution in [3.63, 3.8) is 0 Å². The highest BCUT2D eigenvalue weighted by Crippen LogP contribution is 2.31. The summed E-state index contributed by atoms with van der Waals surface area (Å²) >= 11 is 0. The number of nitrogen functional groups attached to an aromatic ring is 1. The lowest BCUT2D eigenvalue weighted by molar-refractivity contribution is -0.128. The maximum absolute atomic E-state index is 10.7. The lowest BCUT2D eigenvalue weighted by atomic mass is 9.88. The molecule has 128 valence electrons. The van der Waals surface area contributed by atoms with Gasteiger partial charge >= 0.3 is 0 Å². The maximum atomic E-state index is 10.7. The first-order chi connectivity index (χ1) is 12.1. The lowest BCUT2D eigenvalue weighted by Gasteiger charge is -2.18. The van der Waals surface area contributed by atoms with Gasteiger partial charge in [0.25, 0.3) is 6.47 Å². The van der Waals surface area contributed by atoms with Crippen molar-refractivity contribution in [2.24, 2.45) is 0 Å². The Hall–Kier alpha value is -3.15. The first-order valence-electron chi connectivity index (χ1n) is 7.98. The molecule has 0 aliphatic heterocycles. The van der Waals surface area contributed by atoms with Crippen LogP contribution in [0.1, 0.15) is 28.2 Å². The SMILES string of the molecule is Cc1cccc(C(COC=O)c2c[nH]c(-c3ccnc(N)n3)c2)c1C. The summed E-state index contributed by atoms with van der Waals surface area (Å²) in [6, 6.07) is 9.95. The second-order valence-corrected chi connectivity index (χ2v) is 5.92. The lowest BCUT2D eigenvalue weighted by Crippen LogP contribution is -2.10. The highest BCUT2D eigenvalue weighted by Gasteiger charge is 2.20. The molecule has 25 heavy (non-hydrogen) atoms. The standard InChI is InChI=1S/C19H20N4O2/c1-12-4-3-5-15(13(12)2)16(10-25-11-24)14-8-18(22-9-14)17-6-7-21-19(20)23-17/h3-9,11,16,22H,10H2,1-2H3,(H2,20,21,23). The number of aromatic nitrogens is 3. The summed E-state index contributed by atoms with van der Waals surface area (Å²) in [5, 5.41) is 0. The predicted octanol–water partition coefficient (Wildman–Crippen LogP) is 2.98. The van der Waals surface area contributed by atoms with Gasteiger partial charge in [-0.3, -0.25) is 4.79 Å². The molecule has 6 heteroatoms. The molecule has 3 rings (SSSR count). The van der Waals surface area contributed by atoms with E-state index in [1.165, 1.54) is 11.1 Å². The molecule has 3 N–H and O–H groups in total. The van der Waals surface area contributed by atoms with Crippen LogP contribution in [-0.4, -0.2) is 28.0 Å². The molecular weight excluding hydrogens is 316 g/mol. The average Bonchev–Trinajstić information content (AvgIpc) is 3.09. The summed E-state index contributed by atoms with van der Waals surface area (Å²) in [4.78, 5) is 22.1. The summed E-state index contributed by atoms with van der Waals surface area (Å²) in [6.45, 7) is 4.91. The van der Waals surface area contributed by atoms with Gasteiger partial charge in [0.1, 0.15) is 6.61 Å². The smallest absolute Gasteiger partial charge is 0.293 e. The van der Waals surface area contributed by atoms with Crippen LogP contribution in [-0.2, 0) is 9.53 Å². The van der Waals surface area contributed by atoms with Crippen molar-refractivity contribution in [2.75, 3.05) is 12.3 Å². The third-order valence-electron chi connectivity index (χ3n) is 4.41. The van der Waals surface area contributed by atoms with Gasteiger partial charge in [-0.2, -0.15) is 0 Å². The van der Waals surface area contributed by atoms with Crippen LogP contribution in [0, 0.1) is 13.8 Å². The number of aromatic amines is 1. The molecule has 0 bridgehead atoms. The second-order valence-electron chi connectivity index (χ2n) is 5.92. The van der Waals surface area contributed by atoms with E-state index >= 15 is 0 Å². The zero-order valence-corrected chi connectivity index (χ0v) is 14.2. The van der Waals surface area contributed by atoms with E-state index in [-0.39, 0.29) is 18.5 Å². The van der Waals surface area contributed by atoms with E-state index in [1.54, 1.807) is 12.3 Å². The molecule has 0 radical (unpaired) electrons. The average molecular weight is 336 g/mol. The van der Waals surface area contributed by atoms with Crippen LogP contribution in [0.4, 0.5) is 5.95 Å². The molecule has 0 saturated heterocycles. The van der Waals surface area contributed by atoms with E-state index < -0.39 is 0 Å². The van der Waals surface area contributed by atoms with E-state index in [0.717, 1.165) is 22.5 Å². The molecule has 0 aliphatic carbocycles. The third kappa shape index (κ3) is 3.52. The molecule has 0 saturated carbocycles. The zero-order valence-electron chi connectivity index (χ0n) is 14.2. The molecular formula is C19H20N4O2. The van der Waals surface area contributed by atoms with Gasteiger partial charge in [0.2, 0.25) is 5.95 Å². The van der Waals surface area contributed by atoms with E-state index in [1.807, 2.05) is 18.3 Å². The molecule has 0 spiro atoms. The first-order valence-corrected chi connectivity index (χ1v) is 7.98. The predicted molar refractivity (Wildman–Crippen MR) is 96.0 cm³/mol. The summed E-state index contributed by atoms with van der Waals surface area (Å²) in [5.74, 6) is 0.165. The Bertz CT molecular complexity index is 889. The molecule has 0 aliphatic rings. The molecule has 0 amide bonds. The monoisotopic (exact) mass is 336 g/mol. The number of nitrogens with one attached hydrogen (secondary N) is 1. The number of nitrogens with zero attached hydrogens (tertiary/aromatic N) is 2. The fraction of sp³-hybridized carbons (Fsp3) is 0.211. The van der Waals surface area contributed by atoms with Gasteiger partial charge < -0.3 is 15.5 Å². The molecule has 1 atom stereocenters. The minimum atomic E-state index is -0.0608. The largest absolute Gasteiger partial charge is 0.467 e. The first kappa shape index (κ1) is 16.7. The van der Waals surface area contributed by atoms with Crippen molar-refractivity contribution in [3.05, 3.63) is 65.0 Å². The van der Waals surface area contributed by atoms with E-state index in [0.29, 0.717) is 6.47 Å². The zero-order chi connectivity index (χ0) is 17.8. The Balaban J connectivity index is 2.00. The number of hydrogen-bond donors (Lipinski definition) is 2. The third-order valence-corrected chi connectivity index (χ3v) is 4.41. The van der Waals surface area contributed by atoms with E-state index in [2.05, 4.69) is 40.9 Å². The number of ether oxygens (including phenoxy) is 1. The molecule has 3 aromatic rings. The normalized spacial score (nSPS) is 11.9. The van der Waals surface area contributed by atoms with Crippen LogP contribution < -0.4 is 5.73 Å². The summed E-state index contributed by atoms with van der Waals surface area (Å²) in [6.07, 6.45) is 3.53. The number of H-pyrrole nitrogens is 1. The quantitative estimate of drug-likeness (QED) is 0.675. The van der Waals surface area contributed by atoms with Crippen LogP contribution in [0.25, 0.3) is 11.4 Å². The number of benzene rings is 1. The summed E-state index contributed by atoms with van der Waals surface area (Å²) in [5.41, 5.74) is 11.8. The van der Waals surface area contributed by atoms with Gasteiger partial charge in [-0.15, -0.1) is 0 Å². The Morgan fingerprint density at radius 2 is 2.16 bits per heavy atom. The van der Waals surface area contributed by atoms with Crippen LogP contribution in [0.3, 0.4) is 0 Å². The molecule has 0 fully saturated rings. The maximum Gasteiger partial charge on any atom is 0.293 e. The minimum Gasteiger partial charge on any atom is -0.467 e. The van der Waals surface area contributed by atoms with Crippen molar-refractivity contribution < 1.29 is 9.53 Å². The van der Waals surface area contributed by atoms with Gasteiger partial charge in [-0.25, -0.2) is 9.97 Å². The number of anilines is 1. The Labute approximate surface area is 146 Å². The number of aryl methyl sites for hydroxylation is 1. The van der Waals surface area contributed by atoms with Crippen LogP contribution in [0.5, 0.6) is 0 Å². The number of nitrogens with two attached hydrogens (primary N) is 1. The Morgan fingerprint density at radius 1 is 1.32 bits per heavy atom. The van der Waals surface area contributed by atoms with Crippen molar-refractivity contribution >= 4 is 12.4 Å². The van der Waals surface area contributed by atoms with E-state index in [9.17, 15) is 4.79 Å². The Morgan fingerprint density at radius 3 is 2.92 bits per heavy atom. The fourth-order valence-corrected chi connectivity index (χ4v) is 2.94. The van der Waals surface area contributed by atoms with Crippen molar-refractivity contribution in [1.82, 2.24) is 15.0 Å². The molecule has 6 nitrogen and oxygen atoms in total. The summed E-state index contributed by atoms with van der Waals surface area (Å²) < 4.78 is 5.09. The van der Waals surface area contributed by atoms with Crippen molar-refractivity contribution in [3.8, 4) is 11.4 Å².